The normalized spacial score (nSPS) is 11.1. The summed E-state index contributed by atoms with van der Waals surface area (Å²) in [6.07, 6.45) is 0. The molecule has 0 unspecified atom stereocenters. The molecule has 0 saturated heterocycles. The van der Waals surface area contributed by atoms with E-state index in [-0.39, 0.29) is 24.0 Å². The highest BCUT2D eigenvalue weighted by molar-refractivity contribution is 7.89. The Morgan fingerprint density at radius 3 is 2.61 bits per heavy atom. The van der Waals surface area contributed by atoms with E-state index in [9.17, 15) is 12.8 Å². The summed E-state index contributed by atoms with van der Waals surface area (Å²) in [5.74, 6) is -0.926. The lowest BCUT2D eigenvalue weighted by atomic mass is 10.3. The number of rotatable bonds is 6. The summed E-state index contributed by atoms with van der Waals surface area (Å²) >= 11 is 5.52. The van der Waals surface area contributed by atoms with Gasteiger partial charge in [-0.15, -0.1) is 12.4 Å². The number of likely N-dealkylation sites (N-methyl/N-ethyl adjacent to an activating group) is 1. The average molecular weight is 317 g/mol. The zero-order chi connectivity index (χ0) is 12.9. The van der Waals surface area contributed by atoms with Crippen molar-refractivity contribution in [3.8, 4) is 0 Å². The van der Waals surface area contributed by atoms with Crippen LogP contribution in [0.2, 0.25) is 5.02 Å². The Morgan fingerprint density at radius 1 is 1.33 bits per heavy atom. The molecular formula is C10H15Cl2FN2O2S. The Morgan fingerprint density at radius 2 is 2.00 bits per heavy atom. The second kappa shape index (κ2) is 7.91. The summed E-state index contributed by atoms with van der Waals surface area (Å²) in [7, 11) is -3.84. The first-order valence-electron chi connectivity index (χ1n) is 5.13. The first kappa shape index (κ1) is 17.6. The van der Waals surface area contributed by atoms with Crippen molar-refractivity contribution in [2.24, 2.45) is 0 Å². The van der Waals surface area contributed by atoms with E-state index in [1.54, 1.807) is 0 Å². The molecule has 0 aromatic heterocycles. The van der Waals surface area contributed by atoms with Crippen molar-refractivity contribution in [2.75, 3.05) is 19.6 Å². The van der Waals surface area contributed by atoms with Crippen LogP contribution >= 0.6 is 24.0 Å². The predicted molar refractivity (Wildman–Crippen MR) is 72.4 cm³/mol. The molecule has 0 aliphatic heterocycles. The minimum atomic E-state index is -3.84. The van der Waals surface area contributed by atoms with E-state index in [0.717, 1.165) is 6.54 Å². The van der Waals surface area contributed by atoms with Crippen molar-refractivity contribution in [3.63, 3.8) is 0 Å². The third-order valence-corrected chi connectivity index (χ3v) is 3.82. The zero-order valence-electron chi connectivity index (χ0n) is 9.74. The Kier molecular flexibility index (Phi) is 7.73. The van der Waals surface area contributed by atoms with Crippen LogP contribution in [0.25, 0.3) is 0 Å². The lowest BCUT2D eigenvalue weighted by Crippen LogP contribution is -2.32. The lowest BCUT2D eigenvalue weighted by molar-refractivity contribution is 0.555. The molecule has 104 valence electrons. The summed E-state index contributed by atoms with van der Waals surface area (Å²) in [4.78, 5) is -0.429. The molecule has 0 amide bonds. The Bertz CT molecular complexity index is 483. The minimum Gasteiger partial charge on any atom is -0.316 e. The molecule has 0 aliphatic carbocycles. The molecule has 0 radical (unpaired) electrons. The van der Waals surface area contributed by atoms with Crippen molar-refractivity contribution in [3.05, 3.63) is 29.0 Å². The summed E-state index contributed by atoms with van der Waals surface area (Å²) in [6.45, 7) is 3.33. The van der Waals surface area contributed by atoms with Crippen LogP contribution in [0.1, 0.15) is 6.92 Å². The monoisotopic (exact) mass is 316 g/mol. The standard InChI is InChI=1S/C10H14ClFN2O2S.ClH/c1-2-13-6-7-14-17(15,16)9-5-3-4-8(11)10(9)12;/h3-5,13-14H,2,6-7H2,1H3;1H. The van der Waals surface area contributed by atoms with E-state index in [1.165, 1.54) is 18.2 Å². The second-order valence-electron chi connectivity index (χ2n) is 3.30. The van der Waals surface area contributed by atoms with E-state index < -0.39 is 20.7 Å². The van der Waals surface area contributed by atoms with Gasteiger partial charge in [0, 0.05) is 13.1 Å². The topological polar surface area (TPSA) is 58.2 Å². The predicted octanol–water partition coefficient (Wildman–Crippen LogP) is 1.79. The maximum atomic E-state index is 13.5. The van der Waals surface area contributed by atoms with Crippen LogP contribution in [0.5, 0.6) is 0 Å². The van der Waals surface area contributed by atoms with Crippen LogP contribution in [0.3, 0.4) is 0 Å². The van der Waals surface area contributed by atoms with Gasteiger partial charge in [0.2, 0.25) is 10.0 Å². The van der Waals surface area contributed by atoms with E-state index in [0.29, 0.717) is 6.54 Å². The SMILES string of the molecule is CCNCCNS(=O)(=O)c1cccc(Cl)c1F.Cl. The van der Waals surface area contributed by atoms with Crippen molar-refractivity contribution in [2.45, 2.75) is 11.8 Å². The zero-order valence-corrected chi connectivity index (χ0v) is 12.1. The number of nitrogens with one attached hydrogen (secondary N) is 2. The van der Waals surface area contributed by atoms with Gasteiger partial charge in [-0.25, -0.2) is 17.5 Å². The lowest BCUT2D eigenvalue weighted by Gasteiger charge is -2.08. The van der Waals surface area contributed by atoms with Crippen LogP contribution in [0, 0.1) is 5.82 Å². The van der Waals surface area contributed by atoms with Crippen molar-refractivity contribution >= 4 is 34.0 Å². The molecule has 2 N–H and O–H groups in total. The van der Waals surface area contributed by atoms with Crippen LogP contribution in [-0.2, 0) is 10.0 Å². The first-order valence-corrected chi connectivity index (χ1v) is 6.99. The molecule has 0 atom stereocenters. The van der Waals surface area contributed by atoms with E-state index in [4.69, 9.17) is 11.6 Å². The first-order chi connectivity index (χ1) is 7.99. The third-order valence-electron chi connectivity index (χ3n) is 2.05. The Hall–Kier alpha value is -0.400. The van der Waals surface area contributed by atoms with Gasteiger partial charge < -0.3 is 5.32 Å². The highest BCUT2D eigenvalue weighted by Crippen LogP contribution is 2.21. The summed E-state index contributed by atoms with van der Waals surface area (Å²) in [5.41, 5.74) is 0. The van der Waals surface area contributed by atoms with Gasteiger partial charge in [0.25, 0.3) is 0 Å². The Balaban J connectivity index is 0.00000289. The summed E-state index contributed by atoms with van der Waals surface area (Å²) in [6, 6.07) is 3.87. The Labute approximate surface area is 117 Å². The molecule has 4 nitrogen and oxygen atoms in total. The smallest absolute Gasteiger partial charge is 0.243 e. The quantitative estimate of drug-likeness (QED) is 0.787. The molecule has 0 spiro atoms. The van der Waals surface area contributed by atoms with Gasteiger partial charge in [0.05, 0.1) is 5.02 Å². The van der Waals surface area contributed by atoms with Crippen molar-refractivity contribution < 1.29 is 12.8 Å². The molecule has 0 heterocycles. The molecule has 0 fully saturated rings. The number of sulfonamides is 1. The van der Waals surface area contributed by atoms with Gasteiger partial charge in [0.15, 0.2) is 5.82 Å². The molecule has 8 heteroatoms. The van der Waals surface area contributed by atoms with Crippen LogP contribution in [-0.4, -0.2) is 28.1 Å². The fourth-order valence-corrected chi connectivity index (χ4v) is 2.58. The van der Waals surface area contributed by atoms with Gasteiger partial charge in [0.1, 0.15) is 4.90 Å². The average Bonchev–Trinajstić information content (AvgIpc) is 2.28. The highest BCUT2D eigenvalue weighted by Gasteiger charge is 2.19. The number of hydrogen-bond acceptors (Lipinski definition) is 3. The molecular weight excluding hydrogens is 302 g/mol. The van der Waals surface area contributed by atoms with E-state index in [1.807, 2.05) is 6.92 Å². The number of benzene rings is 1. The molecule has 0 aliphatic rings. The minimum absolute atomic E-state index is 0. The van der Waals surface area contributed by atoms with E-state index >= 15 is 0 Å². The van der Waals surface area contributed by atoms with Gasteiger partial charge in [-0.05, 0) is 18.7 Å². The van der Waals surface area contributed by atoms with Gasteiger partial charge in [-0.2, -0.15) is 0 Å². The van der Waals surface area contributed by atoms with Gasteiger partial charge >= 0.3 is 0 Å². The third kappa shape index (κ3) is 4.70. The van der Waals surface area contributed by atoms with Crippen molar-refractivity contribution in [1.82, 2.24) is 10.0 Å². The van der Waals surface area contributed by atoms with Crippen LogP contribution < -0.4 is 10.0 Å². The fraction of sp³-hybridized carbons (Fsp3) is 0.400. The largest absolute Gasteiger partial charge is 0.316 e. The van der Waals surface area contributed by atoms with E-state index in [2.05, 4.69) is 10.0 Å². The second-order valence-corrected chi connectivity index (χ2v) is 5.45. The molecule has 1 rings (SSSR count). The number of hydrogen-bond donors (Lipinski definition) is 2. The maximum absolute atomic E-state index is 13.5. The van der Waals surface area contributed by atoms with Crippen molar-refractivity contribution in [1.29, 1.82) is 0 Å². The van der Waals surface area contributed by atoms with Crippen LogP contribution in [0.4, 0.5) is 4.39 Å². The van der Waals surface area contributed by atoms with Gasteiger partial charge in [-0.1, -0.05) is 24.6 Å². The summed E-state index contributed by atoms with van der Waals surface area (Å²) in [5, 5.41) is 2.74. The molecule has 1 aromatic carbocycles. The molecule has 1 aromatic rings. The molecule has 18 heavy (non-hydrogen) atoms. The highest BCUT2D eigenvalue weighted by atomic mass is 35.5. The summed E-state index contributed by atoms with van der Waals surface area (Å²) < 4.78 is 39.3. The number of halogens is 3. The maximum Gasteiger partial charge on any atom is 0.243 e. The molecule has 0 saturated carbocycles. The fourth-order valence-electron chi connectivity index (χ4n) is 1.22. The van der Waals surface area contributed by atoms with Crippen LogP contribution in [0.15, 0.2) is 23.1 Å². The molecule has 0 bridgehead atoms. The van der Waals surface area contributed by atoms with Gasteiger partial charge in [-0.3, -0.25) is 0 Å².